The molecule has 8 nitrogen and oxygen atoms in total. The van der Waals surface area contributed by atoms with Crippen LogP contribution < -0.4 is 20.1 Å². The molecule has 4 amide bonds. The summed E-state index contributed by atoms with van der Waals surface area (Å²) in [6.45, 7) is 1.00. The van der Waals surface area contributed by atoms with E-state index in [1.165, 1.54) is 0 Å². The standard InChI is InChI=1S/C16H19N3O5/c1-23-12-5-9-3-4-19(8-10(9)6-13(12)24-2)14(20)7-11-15(21)18-16(22)17-11/h5-6,11H,3-4,7-8H2,1-2H3,(H2,17,18,21,22). The van der Waals surface area contributed by atoms with Crippen LogP contribution in [0.1, 0.15) is 17.5 Å². The number of benzene rings is 1. The number of hydrogen-bond donors (Lipinski definition) is 2. The topological polar surface area (TPSA) is 97.0 Å². The van der Waals surface area contributed by atoms with Crippen molar-refractivity contribution >= 4 is 17.8 Å². The van der Waals surface area contributed by atoms with Crippen LogP contribution >= 0.6 is 0 Å². The van der Waals surface area contributed by atoms with E-state index in [2.05, 4.69) is 10.6 Å². The smallest absolute Gasteiger partial charge is 0.322 e. The fourth-order valence-corrected chi connectivity index (χ4v) is 3.00. The van der Waals surface area contributed by atoms with Crippen LogP contribution in [0.4, 0.5) is 4.79 Å². The van der Waals surface area contributed by atoms with Gasteiger partial charge in [0.25, 0.3) is 5.91 Å². The van der Waals surface area contributed by atoms with Gasteiger partial charge < -0.3 is 19.7 Å². The minimum Gasteiger partial charge on any atom is -0.493 e. The molecule has 0 aromatic heterocycles. The van der Waals surface area contributed by atoms with Crippen LogP contribution in [0, 0.1) is 0 Å². The number of rotatable bonds is 4. The summed E-state index contributed by atoms with van der Waals surface area (Å²) in [7, 11) is 3.15. The molecule has 0 spiro atoms. The number of fused-ring (bicyclic) bond motifs is 1. The molecule has 1 aromatic rings. The minimum atomic E-state index is -0.795. The maximum Gasteiger partial charge on any atom is 0.322 e. The summed E-state index contributed by atoms with van der Waals surface area (Å²) >= 11 is 0. The Morgan fingerprint density at radius 2 is 1.88 bits per heavy atom. The summed E-state index contributed by atoms with van der Waals surface area (Å²) in [5.74, 6) is 0.657. The van der Waals surface area contributed by atoms with Crippen molar-refractivity contribution in [2.45, 2.75) is 25.4 Å². The van der Waals surface area contributed by atoms with Gasteiger partial charge in [-0.3, -0.25) is 14.9 Å². The van der Waals surface area contributed by atoms with Crippen LogP contribution in [0.2, 0.25) is 0 Å². The van der Waals surface area contributed by atoms with E-state index in [0.717, 1.165) is 11.1 Å². The molecule has 1 saturated heterocycles. The van der Waals surface area contributed by atoms with Gasteiger partial charge in [0.05, 0.1) is 20.6 Å². The highest BCUT2D eigenvalue weighted by atomic mass is 16.5. The number of nitrogens with zero attached hydrogens (tertiary/aromatic N) is 1. The number of nitrogens with one attached hydrogen (secondary N) is 2. The quantitative estimate of drug-likeness (QED) is 0.767. The van der Waals surface area contributed by atoms with E-state index >= 15 is 0 Å². The van der Waals surface area contributed by atoms with Crippen LogP contribution in [0.15, 0.2) is 12.1 Å². The Balaban J connectivity index is 1.71. The first-order valence-corrected chi connectivity index (χ1v) is 7.64. The number of hydrogen-bond acceptors (Lipinski definition) is 5. The third kappa shape index (κ3) is 2.99. The Morgan fingerprint density at radius 3 is 2.46 bits per heavy atom. The van der Waals surface area contributed by atoms with Crippen molar-refractivity contribution in [3.63, 3.8) is 0 Å². The second-order valence-corrected chi connectivity index (χ2v) is 5.76. The lowest BCUT2D eigenvalue weighted by Crippen LogP contribution is -2.41. The molecule has 8 heteroatoms. The molecule has 0 radical (unpaired) electrons. The Bertz CT molecular complexity index is 703. The van der Waals surface area contributed by atoms with Crippen molar-refractivity contribution in [3.05, 3.63) is 23.3 Å². The van der Waals surface area contributed by atoms with E-state index in [1.54, 1.807) is 19.1 Å². The van der Waals surface area contributed by atoms with E-state index in [-0.39, 0.29) is 12.3 Å². The molecule has 1 aromatic carbocycles. The summed E-state index contributed by atoms with van der Waals surface area (Å²) in [5, 5.41) is 4.57. The molecule has 2 N–H and O–H groups in total. The Kier molecular flexibility index (Phi) is 4.28. The molecule has 2 aliphatic rings. The predicted octanol–water partition coefficient (Wildman–Crippen LogP) is 0.187. The third-order valence-corrected chi connectivity index (χ3v) is 4.31. The van der Waals surface area contributed by atoms with Gasteiger partial charge in [-0.2, -0.15) is 0 Å². The SMILES string of the molecule is COc1cc2c(cc1OC)CN(C(=O)CC1NC(=O)NC1=O)CC2. The lowest BCUT2D eigenvalue weighted by molar-refractivity contribution is -0.134. The first-order valence-electron chi connectivity index (χ1n) is 7.64. The zero-order valence-corrected chi connectivity index (χ0v) is 13.5. The van der Waals surface area contributed by atoms with Crippen molar-refractivity contribution in [2.75, 3.05) is 20.8 Å². The van der Waals surface area contributed by atoms with E-state index < -0.39 is 18.0 Å². The zero-order valence-electron chi connectivity index (χ0n) is 13.5. The maximum atomic E-state index is 12.4. The van der Waals surface area contributed by atoms with Gasteiger partial charge in [-0.05, 0) is 29.7 Å². The molecule has 24 heavy (non-hydrogen) atoms. The van der Waals surface area contributed by atoms with Gasteiger partial charge in [0, 0.05) is 13.1 Å². The molecular formula is C16H19N3O5. The number of ether oxygens (including phenoxy) is 2. The molecule has 1 atom stereocenters. The van der Waals surface area contributed by atoms with E-state index in [4.69, 9.17) is 9.47 Å². The van der Waals surface area contributed by atoms with Gasteiger partial charge >= 0.3 is 6.03 Å². The lowest BCUT2D eigenvalue weighted by Gasteiger charge is -2.30. The van der Waals surface area contributed by atoms with Crippen LogP contribution in [-0.4, -0.2) is 49.6 Å². The highest BCUT2D eigenvalue weighted by molar-refractivity contribution is 6.05. The number of urea groups is 1. The van der Waals surface area contributed by atoms with Crippen molar-refractivity contribution in [1.29, 1.82) is 0 Å². The Morgan fingerprint density at radius 1 is 1.21 bits per heavy atom. The molecule has 128 valence electrons. The average molecular weight is 333 g/mol. The number of carbonyl (C=O) groups excluding carboxylic acids is 3. The van der Waals surface area contributed by atoms with Crippen molar-refractivity contribution in [1.82, 2.24) is 15.5 Å². The van der Waals surface area contributed by atoms with E-state index in [0.29, 0.717) is 31.0 Å². The van der Waals surface area contributed by atoms with Crippen LogP contribution in [0.3, 0.4) is 0 Å². The van der Waals surface area contributed by atoms with Gasteiger partial charge in [0.2, 0.25) is 5.91 Å². The largest absolute Gasteiger partial charge is 0.493 e. The predicted molar refractivity (Wildman–Crippen MR) is 83.7 cm³/mol. The molecule has 3 rings (SSSR count). The fourth-order valence-electron chi connectivity index (χ4n) is 3.00. The highest BCUT2D eigenvalue weighted by Gasteiger charge is 2.33. The van der Waals surface area contributed by atoms with E-state index in [1.807, 2.05) is 12.1 Å². The summed E-state index contributed by atoms with van der Waals surface area (Å²) < 4.78 is 10.6. The second-order valence-electron chi connectivity index (χ2n) is 5.76. The summed E-state index contributed by atoms with van der Waals surface area (Å²) in [6, 6.07) is 2.45. The zero-order chi connectivity index (χ0) is 17.3. The summed E-state index contributed by atoms with van der Waals surface area (Å²) in [6.07, 6.45) is 0.658. The molecule has 1 unspecified atom stereocenters. The molecule has 0 aliphatic carbocycles. The van der Waals surface area contributed by atoms with E-state index in [9.17, 15) is 14.4 Å². The minimum absolute atomic E-state index is 0.0415. The lowest BCUT2D eigenvalue weighted by atomic mass is 9.98. The molecular weight excluding hydrogens is 314 g/mol. The molecule has 0 bridgehead atoms. The van der Waals surface area contributed by atoms with Crippen LogP contribution in [0.5, 0.6) is 11.5 Å². The molecule has 1 fully saturated rings. The fraction of sp³-hybridized carbons (Fsp3) is 0.438. The van der Waals surface area contributed by atoms with Crippen molar-refractivity contribution in [2.24, 2.45) is 0 Å². The van der Waals surface area contributed by atoms with Gasteiger partial charge in [-0.1, -0.05) is 0 Å². The molecule has 2 aliphatic heterocycles. The molecule has 2 heterocycles. The number of carbonyl (C=O) groups is 3. The third-order valence-electron chi connectivity index (χ3n) is 4.31. The molecule has 0 saturated carbocycles. The van der Waals surface area contributed by atoms with Crippen molar-refractivity contribution in [3.8, 4) is 11.5 Å². The van der Waals surface area contributed by atoms with Gasteiger partial charge in [-0.15, -0.1) is 0 Å². The number of amides is 4. The second kappa shape index (κ2) is 6.38. The first-order chi connectivity index (χ1) is 11.5. The maximum absolute atomic E-state index is 12.4. The normalized spacial score (nSPS) is 19.4. The van der Waals surface area contributed by atoms with Gasteiger partial charge in [0.15, 0.2) is 11.5 Å². The highest BCUT2D eigenvalue weighted by Crippen LogP contribution is 2.33. The summed E-state index contributed by atoms with van der Waals surface area (Å²) in [5.41, 5.74) is 2.11. The summed E-state index contributed by atoms with van der Waals surface area (Å²) in [4.78, 5) is 36.8. The average Bonchev–Trinajstić information content (AvgIpc) is 2.90. The Labute approximate surface area is 139 Å². The first kappa shape index (κ1) is 16.1. The number of methoxy groups -OCH3 is 2. The van der Waals surface area contributed by atoms with Crippen molar-refractivity contribution < 1.29 is 23.9 Å². The number of imide groups is 1. The van der Waals surface area contributed by atoms with Crippen LogP contribution in [0.25, 0.3) is 0 Å². The van der Waals surface area contributed by atoms with Crippen LogP contribution in [-0.2, 0) is 22.6 Å². The Hall–Kier alpha value is -2.77. The monoisotopic (exact) mass is 333 g/mol. The van der Waals surface area contributed by atoms with Gasteiger partial charge in [-0.25, -0.2) is 4.79 Å². The van der Waals surface area contributed by atoms with Gasteiger partial charge in [0.1, 0.15) is 6.04 Å².